The average Bonchev–Trinajstić information content (AvgIpc) is 3.36. The maximum Gasteiger partial charge on any atom is 0.248 e. The zero-order valence-corrected chi connectivity index (χ0v) is 16.2. The van der Waals surface area contributed by atoms with E-state index >= 15 is 0 Å². The monoisotopic (exact) mass is 406 g/mol. The summed E-state index contributed by atoms with van der Waals surface area (Å²) in [5.74, 6) is -0.374. The minimum atomic E-state index is -0.564. The van der Waals surface area contributed by atoms with E-state index in [0.717, 1.165) is 24.2 Å². The highest BCUT2D eigenvalue weighted by atomic mass is 19.1. The summed E-state index contributed by atoms with van der Waals surface area (Å²) in [4.78, 5) is 25.8. The van der Waals surface area contributed by atoms with Crippen LogP contribution in [0.5, 0.6) is 0 Å². The first kappa shape index (κ1) is 19.4. The van der Waals surface area contributed by atoms with Gasteiger partial charge in [-0.25, -0.2) is 4.39 Å². The Hall–Kier alpha value is -3.88. The summed E-state index contributed by atoms with van der Waals surface area (Å²) in [6.07, 6.45) is 4.39. The van der Waals surface area contributed by atoms with Crippen molar-refractivity contribution in [1.29, 1.82) is 0 Å². The van der Waals surface area contributed by atoms with Gasteiger partial charge in [-0.2, -0.15) is 4.68 Å². The smallest absolute Gasteiger partial charge is 0.248 e. The average molecular weight is 406 g/mol. The van der Waals surface area contributed by atoms with Gasteiger partial charge in [-0.05, 0) is 65.7 Å². The SMILES string of the molecule is Cc1nnnn1-c1ccc(F)c(NC(=O)/C=C/c2ccc(N3CCCC3=O)cc2)c1. The molecule has 9 heteroatoms. The van der Waals surface area contributed by atoms with Crippen molar-refractivity contribution < 1.29 is 14.0 Å². The molecule has 0 bridgehead atoms. The molecule has 1 N–H and O–H groups in total. The Morgan fingerprint density at radius 3 is 2.60 bits per heavy atom. The molecular formula is C21H19FN6O2. The van der Waals surface area contributed by atoms with Gasteiger partial charge >= 0.3 is 0 Å². The fourth-order valence-electron chi connectivity index (χ4n) is 3.24. The van der Waals surface area contributed by atoms with Crippen molar-refractivity contribution in [3.63, 3.8) is 0 Å². The Labute approximate surface area is 172 Å². The van der Waals surface area contributed by atoms with Crippen molar-refractivity contribution in [2.75, 3.05) is 16.8 Å². The lowest BCUT2D eigenvalue weighted by molar-refractivity contribution is -0.117. The van der Waals surface area contributed by atoms with Gasteiger partial charge in [0.25, 0.3) is 0 Å². The zero-order valence-electron chi connectivity index (χ0n) is 16.2. The van der Waals surface area contributed by atoms with E-state index in [0.29, 0.717) is 17.9 Å². The molecule has 1 fully saturated rings. The van der Waals surface area contributed by atoms with Crippen LogP contribution < -0.4 is 10.2 Å². The first-order valence-electron chi connectivity index (χ1n) is 9.46. The quantitative estimate of drug-likeness (QED) is 0.658. The van der Waals surface area contributed by atoms with Gasteiger partial charge in [0, 0.05) is 24.7 Å². The summed E-state index contributed by atoms with van der Waals surface area (Å²) in [5, 5.41) is 13.7. The molecule has 4 rings (SSSR count). The van der Waals surface area contributed by atoms with E-state index in [1.54, 1.807) is 17.9 Å². The van der Waals surface area contributed by atoms with E-state index in [2.05, 4.69) is 20.8 Å². The Balaban J connectivity index is 1.44. The van der Waals surface area contributed by atoms with Crippen LogP contribution in [0.3, 0.4) is 0 Å². The minimum Gasteiger partial charge on any atom is -0.320 e. The number of anilines is 2. The Bertz CT molecular complexity index is 1120. The van der Waals surface area contributed by atoms with Crippen LogP contribution in [0.2, 0.25) is 0 Å². The fourth-order valence-corrected chi connectivity index (χ4v) is 3.24. The summed E-state index contributed by atoms with van der Waals surface area (Å²) >= 11 is 0. The van der Waals surface area contributed by atoms with E-state index in [9.17, 15) is 14.0 Å². The van der Waals surface area contributed by atoms with Crippen LogP contribution in [0.25, 0.3) is 11.8 Å². The van der Waals surface area contributed by atoms with Gasteiger partial charge < -0.3 is 10.2 Å². The van der Waals surface area contributed by atoms with E-state index in [4.69, 9.17) is 0 Å². The molecule has 0 saturated carbocycles. The number of carbonyl (C=O) groups excluding carboxylic acids is 2. The standard InChI is InChI=1S/C21H19FN6O2/c1-14-24-25-26-28(14)17-9-10-18(22)19(13-17)23-20(29)11-6-15-4-7-16(8-5-15)27-12-2-3-21(27)30/h4-11,13H,2-3,12H2,1H3,(H,23,29)/b11-6+. The van der Waals surface area contributed by atoms with Crippen molar-refractivity contribution in [3.8, 4) is 5.69 Å². The number of aromatic nitrogens is 4. The Morgan fingerprint density at radius 2 is 1.93 bits per heavy atom. The summed E-state index contributed by atoms with van der Waals surface area (Å²) in [6, 6.07) is 11.6. The van der Waals surface area contributed by atoms with Crippen LogP contribution in [0.15, 0.2) is 48.5 Å². The molecule has 0 atom stereocenters. The first-order valence-corrected chi connectivity index (χ1v) is 9.46. The number of rotatable bonds is 5. The molecule has 8 nitrogen and oxygen atoms in total. The molecule has 30 heavy (non-hydrogen) atoms. The third-order valence-corrected chi connectivity index (χ3v) is 4.78. The maximum atomic E-state index is 14.1. The number of benzene rings is 2. The summed E-state index contributed by atoms with van der Waals surface area (Å²) < 4.78 is 15.6. The molecule has 2 heterocycles. The second kappa shape index (κ2) is 8.24. The van der Waals surface area contributed by atoms with Gasteiger partial charge in [0.05, 0.1) is 11.4 Å². The maximum absolute atomic E-state index is 14.1. The highest BCUT2D eigenvalue weighted by Crippen LogP contribution is 2.22. The van der Waals surface area contributed by atoms with Crippen LogP contribution in [0, 0.1) is 12.7 Å². The van der Waals surface area contributed by atoms with Crippen LogP contribution in [-0.4, -0.2) is 38.6 Å². The topological polar surface area (TPSA) is 93.0 Å². The van der Waals surface area contributed by atoms with Gasteiger partial charge in [0.1, 0.15) is 5.82 Å². The molecule has 2 amide bonds. The number of amides is 2. The predicted molar refractivity (Wildman–Crippen MR) is 110 cm³/mol. The number of hydrogen-bond acceptors (Lipinski definition) is 5. The lowest BCUT2D eigenvalue weighted by Gasteiger charge is -2.15. The van der Waals surface area contributed by atoms with Crippen molar-refractivity contribution in [3.05, 3.63) is 65.7 Å². The van der Waals surface area contributed by atoms with Gasteiger partial charge in [-0.15, -0.1) is 5.10 Å². The number of halogens is 1. The number of aryl methyl sites for hydroxylation is 1. The molecule has 1 aliphatic heterocycles. The van der Waals surface area contributed by atoms with Gasteiger partial charge in [0.2, 0.25) is 11.8 Å². The van der Waals surface area contributed by atoms with Gasteiger partial charge in [0.15, 0.2) is 5.82 Å². The molecule has 1 aromatic heterocycles. The molecule has 0 unspecified atom stereocenters. The second-order valence-electron chi connectivity index (χ2n) is 6.87. The Morgan fingerprint density at radius 1 is 1.17 bits per heavy atom. The van der Waals surface area contributed by atoms with Crippen LogP contribution in [-0.2, 0) is 9.59 Å². The highest BCUT2D eigenvalue weighted by Gasteiger charge is 2.21. The molecule has 3 aromatic rings. The van der Waals surface area contributed by atoms with Crippen LogP contribution in [0.1, 0.15) is 24.2 Å². The van der Waals surface area contributed by atoms with Crippen molar-refractivity contribution in [2.45, 2.75) is 19.8 Å². The first-order chi connectivity index (χ1) is 14.5. The molecule has 1 aliphatic rings. The number of hydrogen-bond donors (Lipinski definition) is 1. The third kappa shape index (κ3) is 4.09. The molecule has 2 aromatic carbocycles. The van der Waals surface area contributed by atoms with Gasteiger partial charge in [-0.1, -0.05) is 12.1 Å². The summed E-state index contributed by atoms with van der Waals surface area (Å²) in [7, 11) is 0. The summed E-state index contributed by atoms with van der Waals surface area (Å²) in [5.41, 5.74) is 2.19. The largest absolute Gasteiger partial charge is 0.320 e. The molecule has 0 aliphatic carbocycles. The lowest BCUT2D eigenvalue weighted by atomic mass is 10.2. The minimum absolute atomic E-state index is 0.0277. The normalized spacial score (nSPS) is 13.9. The van der Waals surface area contributed by atoms with Crippen LogP contribution >= 0.6 is 0 Å². The van der Waals surface area contributed by atoms with Crippen molar-refractivity contribution in [1.82, 2.24) is 20.2 Å². The molecule has 0 radical (unpaired) electrons. The van der Waals surface area contributed by atoms with Crippen molar-refractivity contribution in [2.24, 2.45) is 0 Å². The molecular weight excluding hydrogens is 387 g/mol. The van der Waals surface area contributed by atoms with Crippen molar-refractivity contribution >= 4 is 29.3 Å². The number of carbonyl (C=O) groups is 2. The van der Waals surface area contributed by atoms with E-state index in [1.807, 2.05) is 24.3 Å². The predicted octanol–water partition coefficient (Wildman–Crippen LogP) is 2.89. The zero-order chi connectivity index (χ0) is 21.1. The molecule has 0 spiro atoms. The third-order valence-electron chi connectivity index (χ3n) is 4.78. The highest BCUT2D eigenvalue weighted by molar-refractivity contribution is 6.02. The molecule has 1 saturated heterocycles. The number of nitrogens with zero attached hydrogens (tertiary/aromatic N) is 5. The number of nitrogens with one attached hydrogen (secondary N) is 1. The second-order valence-corrected chi connectivity index (χ2v) is 6.87. The van der Waals surface area contributed by atoms with Crippen LogP contribution in [0.4, 0.5) is 15.8 Å². The fraction of sp³-hybridized carbons (Fsp3) is 0.190. The lowest BCUT2D eigenvalue weighted by Crippen LogP contribution is -2.23. The van der Waals surface area contributed by atoms with E-state index in [-0.39, 0.29) is 11.6 Å². The van der Waals surface area contributed by atoms with E-state index in [1.165, 1.54) is 29.0 Å². The van der Waals surface area contributed by atoms with Gasteiger partial charge in [-0.3, -0.25) is 9.59 Å². The molecule has 152 valence electrons. The Kier molecular flexibility index (Phi) is 5.34. The van der Waals surface area contributed by atoms with E-state index < -0.39 is 11.7 Å². The number of tetrazole rings is 1. The summed E-state index contributed by atoms with van der Waals surface area (Å²) in [6.45, 7) is 2.44.